The molecular weight excluding hydrogens is 457 g/mol. The topological polar surface area (TPSA) is 114 Å². The highest BCUT2D eigenvalue weighted by atomic mass is 35.5. The van der Waals surface area contributed by atoms with E-state index in [1.807, 2.05) is 0 Å². The number of hydrogen-bond acceptors (Lipinski definition) is 6. The second-order valence-corrected chi connectivity index (χ2v) is 8.10. The summed E-state index contributed by atoms with van der Waals surface area (Å²) in [5.74, 6) is -0.0440. The lowest BCUT2D eigenvalue weighted by molar-refractivity contribution is 0.102. The number of aromatic amines is 2. The van der Waals surface area contributed by atoms with Gasteiger partial charge in [-0.25, -0.2) is 9.18 Å². The van der Waals surface area contributed by atoms with Crippen molar-refractivity contribution in [3.05, 3.63) is 103 Å². The summed E-state index contributed by atoms with van der Waals surface area (Å²) in [5, 5.41) is 9.27. The molecule has 2 N–H and O–H groups in total. The van der Waals surface area contributed by atoms with Gasteiger partial charge in [0, 0.05) is 34.5 Å². The number of Topliss-reactive ketones (excluding diaryl/α,β-unsaturated/α-hetero) is 1. The number of ketones is 1. The standard InChI is InChI=1S/C21H15ClFN5O3S/c22-13-3-1-12(2-4-13)17(29)11-32-21-27-26-18(9-15-10-19(30)25-20(31)24-15)28(21)16-7-5-14(23)6-8-16/h1-8,10H,9,11H2,(H2,24,25,30,31). The second kappa shape index (κ2) is 9.33. The number of H-pyrrole nitrogens is 2. The molecule has 0 atom stereocenters. The zero-order chi connectivity index (χ0) is 22.7. The molecule has 0 aliphatic heterocycles. The fourth-order valence-electron chi connectivity index (χ4n) is 2.99. The van der Waals surface area contributed by atoms with Gasteiger partial charge >= 0.3 is 5.69 Å². The first kappa shape index (κ1) is 21.7. The molecular formula is C21H15ClFN5O3S. The number of hydrogen-bond donors (Lipinski definition) is 2. The smallest absolute Gasteiger partial charge is 0.311 e. The summed E-state index contributed by atoms with van der Waals surface area (Å²) in [6, 6.07) is 13.5. The zero-order valence-electron chi connectivity index (χ0n) is 16.3. The van der Waals surface area contributed by atoms with Crippen LogP contribution in [0.15, 0.2) is 69.3 Å². The highest BCUT2D eigenvalue weighted by Crippen LogP contribution is 2.24. The third kappa shape index (κ3) is 5.04. The molecule has 0 radical (unpaired) electrons. The molecule has 0 saturated heterocycles. The summed E-state index contributed by atoms with van der Waals surface area (Å²) in [7, 11) is 0. The molecule has 0 saturated carbocycles. The minimum absolute atomic E-state index is 0.0861. The molecule has 2 aromatic carbocycles. The Morgan fingerprint density at radius 1 is 1.03 bits per heavy atom. The molecule has 32 heavy (non-hydrogen) atoms. The van der Waals surface area contributed by atoms with E-state index in [-0.39, 0.29) is 18.0 Å². The highest BCUT2D eigenvalue weighted by molar-refractivity contribution is 7.99. The predicted octanol–water partition coefficient (Wildman–Crippen LogP) is 3.00. The molecule has 4 rings (SSSR count). The van der Waals surface area contributed by atoms with E-state index in [1.54, 1.807) is 41.0 Å². The molecule has 11 heteroatoms. The maximum Gasteiger partial charge on any atom is 0.325 e. The fraction of sp³-hybridized carbons (Fsp3) is 0.0952. The first-order valence-corrected chi connectivity index (χ1v) is 10.7. The van der Waals surface area contributed by atoms with E-state index in [0.29, 0.717) is 32.9 Å². The molecule has 162 valence electrons. The van der Waals surface area contributed by atoms with Crippen molar-refractivity contribution in [3.63, 3.8) is 0 Å². The number of thioether (sulfide) groups is 1. The first-order chi connectivity index (χ1) is 15.4. The second-order valence-electron chi connectivity index (χ2n) is 6.72. The number of nitrogens with one attached hydrogen (secondary N) is 2. The van der Waals surface area contributed by atoms with Crippen LogP contribution in [0, 0.1) is 5.82 Å². The van der Waals surface area contributed by atoms with Crippen LogP contribution >= 0.6 is 23.4 Å². The van der Waals surface area contributed by atoms with Gasteiger partial charge in [0.25, 0.3) is 5.56 Å². The van der Waals surface area contributed by atoms with Gasteiger partial charge in [0.05, 0.1) is 5.75 Å². The predicted molar refractivity (Wildman–Crippen MR) is 118 cm³/mol. The van der Waals surface area contributed by atoms with Crippen molar-refractivity contribution in [2.75, 3.05) is 5.75 Å². The van der Waals surface area contributed by atoms with Crippen molar-refractivity contribution < 1.29 is 9.18 Å². The maximum atomic E-state index is 13.5. The van der Waals surface area contributed by atoms with Crippen LogP contribution in [0.2, 0.25) is 5.02 Å². The van der Waals surface area contributed by atoms with Crippen LogP contribution in [0.25, 0.3) is 5.69 Å². The Balaban J connectivity index is 1.65. The molecule has 0 unspecified atom stereocenters. The first-order valence-electron chi connectivity index (χ1n) is 9.33. The van der Waals surface area contributed by atoms with E-state index in [2.05, 4.69) is 20.2 Å². The van der Waals surface area contributed by atoms with Gasteiger partial charge in [-0.3, -0.25) is 19.1 Å². The Bertz CT molecular complexity index is 1350. The highest BCUT2D eigenvalue weighted by Gasteiger charge is 2.17. The van der Waals surface area contributed by atoms with Crippen molar-refractivity contribution in [2.24, 2.45) is 0 Å². The molecule has 0 spiro atoms. The van der Waals surface area contributed by atoms with Crippen LogP contribution in [0.1, 0.15) is 21.9 Å². The SMILES string of the molecule is O=C(CSc1nnc(Cc2cc(=O)[nH]c(=O)[nH]2)n1-c1ccc(F)cc1)c1ccc(Cl)cc1. The van der Waals surface area contributed by atoms with Crippen LogP contribution in [-0.4, -0.2) is 36.3 Å². The van der Waals surface area contributed by atoms with Gasteiger partial charge in [0.15, 0.2) is 10.9 Å². The van der Waals surface area contributed by atoms with Gasteiger partial charge in [-0.1, -0.05) is 23.4 Å². The lowest BCUT2D eigenvalue weighted by Gasteiger charge is -2.10. The number of benzene rings is 2. The van der Waals surface area contributed by atoms with Crippen LogP contribution in [0.5, 0.6) is 0 Å². The molecule has 4 aromatic rings. The molecule has 0 fully saturated rings. The van der Waals surface area contributed by atoms with E-state index in [1.165, 1.54) is 18.2 Å². The third-order valence-corrected chi connectivity index (χ3v) is 5.63. The monoisotopic (exact) mass is 471 g/mol. The number of aromatic nitrogens is 5. The number of rotatable bonds is 7. The van der Waals surface area contributed by atoms with Gasteiger partial charge in [0.2, 0.25) is 0 Å². The third-order valence-electron chi connectivity index (χ3n) is 4.45. The van der Waals surface area contributed by atoms with Gasteiger partial charge in [-0.2, -0.15) is 0 Å². The molecule has 8 nitrogen and oxygen atoms in total. The largest absolute Gasteiger partial charge is 0.325 e. The summed E-state index contributed by atoms with van der Waals surface area (Å²) in [6.45, 7) is 0. The number of nitrogens with zero attached hydrogens (tertiary/aromatic N) is 3. The van der Waals surface area contributed by atoms with Crippen LogP contribution in [0.3, 0.4) is 0 Å². The summed E-state index contributed by atoms with van der Waals surface area (Å²) >= 11 is 7.03. The van der Waals surface area contributed by atoms with Gasteiger partial charge in [-0.15, -0.1) is 10.2 Å². The quantitative estimate of drug-likeness (QED) is 0.316. The van der Waals surface area contributed by atoms with Crippen LogP contribution in [0.4, 0.5) is 4.39 Å². The number of carbonyl (C=O) groups excluding carboxylic acids is 1. The van der Waals surface area contributed by atoms with Crippen molar-refractivity contribution in [3.8, 4) is 5.69 Å². The molecule has 0 amide bonds. The van der Waals surface area contributed by atoms with E-state index in [4.69, 9.17) is 11.6 Å². The van der Waals surface area contributed by atoms with Crippen LogP contribution < -0.4 is 11.2 Å². The molecule has 0 aliphatic carbocycles. The summed E-state index contributed by atoms with van der Waals surface area (Å²) in [4.78, 5) is 40.4. The van der Waals surface area contributed by atoms with Crippen molar-refractivity contribution in [1.29, 1.82) is 0 Å². The van der Waals surface area contributed by atoms with Crippen LogP contribution in [-0.2, 0) is 6.42 Å². The van der Waals surface area contributed by atoms with Crippen molar-refractivity contribution in [1.82, 2.24) is 24.7 Å². The summed E-state index contributed by atoms with van der Waals surface area (Å²) in [5.41, 5.74) is 0.239. The maximum absolute atomic E-state index is 13.5. The normalized spacial score (nSPS) is 10.9. The average Bonchev–Trinajstić information content (AvgIpc) is 3.14. The lowest BCUT2D eigenvalue weighted by atomic mass is 10.1. The Morgan fingerprint density at radius 2 is 1.75 bits per heavy atom. The Kier molecular flexibility index (Phi) is 6.33. The van der Waals surface area contributed by atoms with Gasteiger partial charge in [0.1, 0.15) is 11.6 Å². The average molecular weight is 472 g/mol. The van der Waals surface area contributed by atoms with E-state index >= 15 is 0 Å². The number of carbonyl (C=O) groups is 1. The Hall–Kier alpha value is -3.50. The zero-order valence-corrected chi connectivity index (χ0v) is 17.9. The minimum atomic E-state index is -0.636. The van der Waals surface area contributed by atoms with E-state index in [0.717, 1.165) is 11.8 Å². The molecule has 2 heterocycles. The summed E-state index contributed by atoms with van der Waals surface area (Å²) in [6.07, 6.45) is 0.0925. The Morgan fingerprint density at radius 3 is 2.44 bits per heavy atom. The van der Waals surface area contributed by atoms with Crippen molar-refractivity contribution in [2.45, 2.75) is 11.6 Å². The molecule has 2 aromatic heterocycles. The van der Waals surface area contributed by atoms with E-state index in [9.17, 15) is 18.8 Å². The lowest BCUT2D eigenvalue weighted by Crippen LogP contribution is -2.23. The Labute approximate surface area is 189 Å². The fourth-order valence-corrected chi connectivity index (χ4v) is 3.98. The van der Waals surface area contributed by atoms with Gasteiger partial charge in [-0.05, 0) is 48.5 Å². The minimum Gasteiger partial charge on any atom is -0.311 e. The van der Waals surface area contributed by atoms with E-state index < -0.39 is 17.1 Å². The molecule has 0 aliphatic rings. The summed E-state index contributed by atoms with van der Waals surface area (Å²) < 4.78 is 15.1. The number of halogens is 2. The van der Waals surface area contributed by atoms with Gasteiger partial charge < -0.3 is 4.98 Å². The molecule has 0 bridgehead atoms. The van der Waals surface area contributed by atoms with Crippen molar-refractivity contribution >= 4 is 29.1 Å².